The van der Waals surface area contributed by atoms with Gasteiger partial charge in [0, 0.05) is 12.0 Å². The number of halogens is 6. The fourth-order valence-corrected chi connectivity index (χ4v) is 1.25. The summed E-state index contributed by atoms with van der Waals surface area (Å²) in [5.41, 5.74) is -0.687. The zero-order valence-electron chi connectivity index (χ0n) is 8.36. The van der Waals surface area contributed by atoms with Gasteiger partial charge in [-0.05, 0) is 12.5 Å². The smallest absolute Gasteiger partial charge is 0.388 e. The molecule has 0 saturated carbocycles. The highest BCUT2D eigenvalue weighted by atomic mass is 19.4. The molecule has 0 aliphatic rings. The monoisotopic (exact) mass is 258 g/mol. The topological polar surface area (TPSA) is 20.2 Å². The van der Waals surface area contributed by atoms with E-state index in [9.17, 15) is 31.4 Å². The van der Waals surface area contributed by atoms with Crippen molar-refractivity contribution < 1.29 is 31.4 Å². The van der Waals surface area contributed by atoms with Crippen LogP contribution in [-0.2, 0) is 0 Å². The predicted molar refractivity (Wildman–Crippen MR) is 46.6 cm³/mol. The van der Waals surface area contributed by atoms with E-state index in [0.29, 0.717) is 6.07 Å². The lowest BCUT2D eigenvalue weighted by Gasteiger charge is -2.13. The standard InChI is InChI=1S/C10H8F6O/c11-6-2-1-5(8(12)9(6)13)7(17)3-4-10(14,15)16/h1-2,7,17H,3-4H2. The van der Waals surface area contributed by atoms with Crippen molar-refractivity contribution in [3.63, 3.8) is 0 Å². The number of aliphatic hydroxyl groups is 1. The van der Waals surface area contributed by atoms with Crippen molar-refractivity contribution in [2.24, 2.45) is 0 Å². The van der Waals surface area contributed by atoms with Gasteiger partial charge in [-0.1, -0.05) is 6.07 Å². The third kappa shape index (κ3) is 3.62. The average Bonchev–Trinajstić information content (AvgIpc) is 2.22. The molecule has 0 bridgehead atoms. The molecular weight excluding hydrogens is 250 g/mol. The Morgan fingerprint density at radius 2 is 1.65 bits per heavy atom. The number of hydrogen-bond donors (Lipinski definition) is 1. The summed E-state index contributed by atoms with van der Waals surface area (Å²) in [6.07, 6.45) is -8.49. The zero-order chi connectivity index (χ0) is 13.2. The van der Waals surface area contributed by atoms with Gasteiger partial charge in [0.05, 0.1) is 6.10 Å². The van der Waals surface area contributed by atoms with Gasteiger partial charge in [0.15, 0.2) is 17.5 Å². The molecule has 0 radical (unpaired) electrons. The molecule has 0 heterocycles. The van der Waals surface area contributed by atoms with Crippen LogP contribution in [0, 0.1) is 17.5 Å². The van der Waals surface area contributed by atoms with Crippen LogP contribution in [0.15, 0.2) is 12.1 Å². The molecule has 1 unspecified atom stereocenters. The van der Waals surface area contributed by atoms with Crippen molar-refractivity contribution in [2.75, 3.05) is 0 Å². The fourth-order valence-electron chi connectivity index (χ4n) is 1.25. The molecule has 0 aliphatic heterocycles. The largest absolute Gasteiger partial charge is 0.389 e. The van der Waals surface area contributed by atoms with Crippen molar-refractivity contribution in [2.45, 2.75) is 25.1 Å². The van der Waals surface area contributed by atoms with Crippen molar-refractivity contribution in [1.29, 1.82) is 0 Å². The summed E-state index contributed by atoms with van der Waals surface area (Å²) in [7, 11) is 0. The Labute approximate surface area is 92.7 Å². The molecule has 1 aromatic rings. The van der Waals surface area contributed by atoms with Gasteiger partial charge in [-0.2, -0.15) is 13.2 Å². The lowest BCUT2D eigenvalue weighted by Crippen LogP contribution is -2.11. The van der Waals surface area contributed by atoms with Crippen LogP contribution in [0.4, 0.5) is 26.3 Å². The highest BCUT2D eigenvalue weighted by Crippen LogP contribution is 2.29. The minimum atomic E-state index is -4.50. The quantitative estimate of drug-likeness (QED) is 0.650. The summed E-state index contributed by atoms with van der Waals surface area (Å²) in [5.74, 6) is -4.94. The van der Waals surface area contributed by atoms with E-state index in [1.807, 2.05) is 0 Å². The molecule has 0 amide bonds. The molecule has 0 fully saturated rings. The van der Waals surface area contributed by atoms with E-state index in [-0.39, 0.29) is 0 Å². The Morgan fingerprint density at radius 3 is 2.18 bits per heavy atom. The second-order valence-electron chi connectivity index (χ2n) is 3.43. The zero-order valence-corrected chi connectivity index (χ0v) is 8.36. The molecule has 1 N–H and O–H groups in total. The Morgan fingerprint density at radius 1 is 1.06 bits per heavy atom. The second-order valence-corrected chi connectivity index (χ2v) is 3.43. The maximum atomic E-state index is 13.1. The van der Waals surface area contributed by atoms with E-state index in [1.54, 1.807) is 0 Å². The molecule has 0 spiro atoms. The Balaban J connectivity index is 2.83. The summed E-state index contributed by atoms with van der Waals surface area (Å²) >= 11 is 0. The summed E-state index contributed by atoms with van der Waals surface area (Å²) < 4.78 is 73.9. The highest BCUT2D eigenvalue weighted by Gasteiger charge is 2.29. The van der Waals surface area contributed by atoms with Crippen molar-refractivity contribution in [1.82, 2.24) is 0 Å². The number of aliphatic hydroxyl groups excluding tert-OH is 1. The number of alkyl halides is 3. The van der Waals surface area contributed by atoms with Crippen LogP contribution in [0.3, 0.4) is 0 Å². The van der Waals surface area contributed by atoms with Gasteiger partial charge in [0.1, 0.15) is 0 Å². The first-order valence-electron chi connectivity index (χ1n) is 4.60. The summed E-state index contributed by atoms with van der Waals surface area (Å²) in [4.78, 5) is 0. The molecule has 1 atom stereocenters. The van der Waals surface area contributed by atoms with Gasteiger partial charge in [-0.25, -0.2) is 13.2 Å². The van der Waals surface area contributed by atoms with Gasteiger partial charge in [-0.15, -0.1) is 0 Å². The summed E-state index contributed by atoms with van der Waals surface area (Å²) in [6.45, 7) is 0. The first kappa shape index (κ1) is 13.8. The first-order chi connectivity index (χ1) is 7.72. The molecule has 17 heavy (non-hydrogen) atoms. The Bertz CT molecular complexity index is 401. The first-order valence-corrected chi connectivity index (χ1v) is 4.60. The second kappa shape index (κ2) is 4.95. The molecule has 0 aromatic heterocycles. The van der Waals surface area contributed by atoms with E-state index >= 15 is 0 Å². The van der Waals surface area contributed by atoms with E-state index in [4.69, 9.17) is 0 Å². The number of hydrogen-bond acceptors (Lipinski definition) is 1. The minimum absolute atomic E-state index is 0.546. The van der Waals surface area contributed by atoms with Crippen LogP contribution >= 0.6 is 0 Å². The molecule has 0 aliphatic carbocycles. The summed E-state index contributed by atoms with van der Waals surface area (Å²) in [5, 5.41) is 9.25. The lowest BCUT2D eigenvalue weighted by atomic mass is 10.0. The third-order valence-corrected chi connectivity index (χ3v) is 2.13. The van der Waals surface area contributed by atoms with Crippen molar-refractivity contribution in [3.05, 3.63) is 35.1 Å². The lowest BCUT2D eigenvalue weighted by molar-refractivity contribution is -0.140. The maximum absolute atomic E-state index is 13.1. The van der Waals surface area contributed by atoms with Gasteiger partial charge < -0.3 is 5.11 Å². The number of rotatable bonds is 3. The van der Waals surface area contributed by atoms with E-state index in [2.05, 4.69) is 0 Å². The van der Waals surface area contributed by atoms with Crippen molar-refractivity contribution >= 4 is 0 Å². The van der Waals surface area contributed by atoms with E-state index in [0.717, 1.165) is 6.07 Å². The SMILES string of the molecule is OC(CCC(F)(F)F)c1ccc(F)c(F)c1F. The summed E-state index contributed by atoms with van der Waals surface area (Å²) in [6, 6.07) is 1.26. The normalized spacial score (nSPS) is 13.8. The Hall–Kier alpha value is -1.24. The van der Waals surface area contributed by atoms with Crippen LogP contribution in [-0.4, -0.2) is 11.3 Å². The molecule has 96 valence electrons. The molecular formula is C10H8F6O. The minimum Gasteiger partial charge on any atom is -0.388 e. The van der Waals surface area contributed by atoms with Gasteiger partial charge >= 0.3 is 6.18 Å². The molecule has 1 rings (SSSR count). The number of benzene rings is 1. The molecule has 1 nitrogen and oxygen atoms in total. The van der Waals surface area contributed by atoms with E-state index < -0.39 is 48.1 Å². The molecule has 7 heteroatoms. The Kier molecular flexibility index (Phi) is 4.03. The predicted octanol–water partition coefficient (Wildman–Crippen LogP) is 3.48. The van der Waals surface area contributed by atoms with Gasteiger partial charge in [0.25, 0.3) is 0 Å². The third-order valence-electron chi connectivity index (χ3n) is 2.13. The fraction of sp³-hybridized carbons (Fsp3) is 0.400. The van der Waals surface area contributed by atoms with Crippen LogP contribution in [0.25, 0.3) is 0 Å². The van der Waals surface area contributed by atoms with E-state index in [1.165, 1.54) is 0 Å². The van der Waals surface area contributed by atoms with Crippen molar-refractivity contribution in [3.8, 4) is 0 Å². The average molecular weight is 258 g/mol. The van der Waals surface area contributed by atoms with Crippen LogP contribution in [0.5, 0.6) is 0 Å². The van der Waals surface area contributed by atoms with Gasteiger partial charge in [-0.3, -0.25) is 0 Å². The van der Waals surface area contributed by atoms with Crippen LogP contribution in [0.2, 0.25) is 0 Å². The van der Waals surface area contributed by atoms with Crippen LogP contribution in [0.1, 0.15) is 24.5 Å². The molecule has 1 aromatic carbocycles. The van der Waals surface area contributed by atoms with Gasteiger partial charge in [0.2, 0.25) is 0 Å². The maximum Gasteiger partial charge on any atom is 0.389 e. The van der Waals surface area contributed by atoms with Crippen LogP contribution < -0.4 is 0 Å². The highest BCUT2D eigenvalue weighted by molar-refractivity contribution is 5.22. The molecule has 0 saturated heterocycles.